The van der Waals surface area contributed by atoms with Gasteiger partial charge in [-0.1, -0.05) is 60.1 Å². The van der Waals surface area contributed by atoms with Gasteiger partial charge in [0.15, 0.2) is 0 Å². The number of nitrogens with one attached hydrogen (secondary N) is 2. The van der Waals surface area contributed by atoms with Crippen LogP contribution in [0.25, 0.3) is 0 Å². The SMILES string of the molecule is C[C@@H](NC(=O)CN1C(=O)N[C@](C)(c2ccccc2)C1=O)c1ccccc1Cl. The van der Waals surface area contributed by atoms with Crippen molar-refractivity contribution in [2.75, 3.05) is 6.54 Å². The summed E-state index contributed by atoms with van der Waals surface area (Å²) < 4.78 is 0. The van der Waals surface area contributed by atoms with E-state index in [-0.39, 0.29) is 12.6 Å². The number of urea groups is 1. The molecule has 0 unspecified atom stereocenters. The molecule has 1 aliphatic rings. The number of hydrogen-bond acceptors (Lipinski definition) is 3. The van der Waals surface area contributed by atoms with E-state index in [2.05, 4.69) is 10.6 Å². The first kappa shape index (κ1) is 18.9. The summed E-state index contributed by atoms with van der Waals surface area (Å²) in [5.74, 6) is -0.900. The minimum Gasteiger partial charge on any atom is -0.348 e. The summed E-state index contributed by atoms with van der Waals surface area (Å²) in [7, 11) is 0. The number of benzene rings is 2. The van der Waals surface area contributed by atoms with E-state index in [9.17, 15) is 14.4 Å². The molecule has 2 aromatic rings. The lowest BCUT2D eigenvalue weighted by molar-refractivity contribution is -0.135. The van der Waals surface area contributed by atoms with Crippen LogP contribution >= 0.6 is 11.6 Å². The smallest absolute Gasteiger partial charge is 0.325 e. The number of amides is 4. The van der Waals surface area contributed by atoms with E-state index in [0.29, 0.717) is 10.6 Å². The molecule has 1 heterocycles. The Labute approximate surface area is 162 Å². The van der Waals surface area contributed by atoms with Gasteiger partial charge in [0, 0.05) is 5.02 Å². The van der Waals surface area contributed by atoms with Crippen LogP contribution in [0, 0.1) is 0 Å². The molecule has 7 heteroatoms. The number of nitrogens with zero attached hydrogens (tertiary/aromatic N) is 1. The van der Waals surface area contributed by atoms with Gasteiger partial charge in [0.05, 0.1) is 6.04 Å². The van der Waals surface area contributed by atoms with Crippen LogP contribution in [0.4, 0.5) is 4.79 Å². The molecule has 2 aromatic carbocycles. The van der Waals surface area contributed by atoms with Crippen molar-refractivity contribution in [3.05, 3.63) is 70.7 Å². The highest BCUT2D eigenvalue weighted by Gasteiger charge is 2.49. The Morgan fingerprint density at radius 3 is 2.44 bits per heavy atom. The lowest BCUT2D eigenvalue weighted by atomic mass is 9.92. The fourth-order valence-electron chi connectivity index (χ4n) is 3.14. The molecule has 4 amide bonds. The molecule has 1 saturated heterocycles. The van der Waals surface area contributed by atoms with Crippen LogP contribution in [-0.2, 0) is 15.1 Å². The molecular weight excluding hydrogens is 366 g/mol. The van der Waals surface area contributed by atoms with Gasteiger partial charge in [0.25, 0.3) is 5.91 Å². The molecule has 140 valence electrons. The Kier molecular flexibility index (Phi) is 5.19. The zero-order valence-electron chi connectivity index (χ0n) is 15.0. The van der Waals surface area contributed by atoms with Crippen molar-refractivity contribution in [2.24, 2.45) is 0 Å². The van der Waals surface area contributed by atoms with Crippen molar-refractivity contribution in [3.63, 3.8) is 0 Å². The van der Waals surface area contributed by atoms with Gasteiger partial charge < -0.3 is 10.6 Å². The maximum Gasteiger partial charge on any atom is 0.325 e. The predicted molar refractivity (Wildman–Crippen MR) is 102 cm³/mol. The van der Waals surface area contributed by atoms with Crippen molar-refractivity contribution >= 4 is 29.4 Å². The molecule has 0 radical (unpaired) electrons. The lowest BCUT2D eigenvalue weighted by Gasteiger charge is -2.22. The molecule has 0 bridgehead atoms. The van der Waals surface area contributed by atoms with Crippen LogP contribution in [0.15, 0.2) is 54.6 Å². The molecule has 1 aliphatic heterocycles. The topological polar surface area (TPSA) is 78.5 Å². The minimum absolute atomic E-state index is 0.354. The van der Waals surface area contributed by atoms with E-state index in [1.165, 1.54) is 0 Å². The Hall–Kier alpha value is -2.86. The zero-order valence-corrected chi connectivity index (χ0v) is 15.8. The van der Waals surface area contributed by atoms with E-state index >= 15 is 0 Å². The molecule has 0 aromatic heterocycles. The van der Waals surface area contributed by atoms with E-state index < -0.39 is 23.4 Å². The normalized spacial score (nSPS) is 20.3. The highest BCUT2D eigenvalue weighted by molar-refractivity contribution is 6.31. The molecule has 0 spiro atoms. The summed E-state index contributed by atoms with van der Waals surface area (Å²) in [4.78, 5) is 38.5. The number of rotatable bonds is 5. The molecule has 0 aliphatic carbocycles. The maximum absolute atomic E-state index is 12.8. The number of halogens is 1. The fourth-order valence-corrected chi connectivity index (χ4v) is 3.44. The lowest BCUT2D eigenvalue weighted by Crippen LogP contribution is -2.43. The van der Waals surface area contributed by atoms with Gasteiger partial charge in [0.1, 0.15) is 12.1 Å². The summed E-state index contributed by atoms with van der Waals surface area (Å²) in [6.45, 7) is 3.06. The van der Waals surface area contributed by atoms with Crippen molar-refractivity contribution in [2.45, 2.75) is 25.4 Å². The van der Waals surface area contributed by atoms with Crippen molar-refractivity contribution in [1.82, 2.24) is 15.5 Å². The number of carbonyl (C=O) groups is 3. The van der Waals surface area contributed by atoms with Crippen LogP contribution in [0.3, 0.4) is 0 Å². The van der Waals surface area contributed by atoms with Gasteiger partial charge in [-0.05, 0) is 31.0 Å². The van der Waals surface area contributed by atoms with E-state index in [1.54, 1.807) is 50.2 Å². The summed E-state index contributed by atoms with van der Waals surface area (Å²) in [5, 5.41) is 6.00. The van der Waals surface area contributed by atoms with Crippen LogP contribution in [-0.4, -0.2) is 29.3 Å². The molecule has 2 atom stereocenters. The van der Waals surface area contributed by atoms with Crippen molar-refractivity contribution < 1.29 is 14.4 Å². The van der Waals surface area contributed by atoms with Crippen LogP contribution < -0.4 is 10.6 Å². The van der Waals surface area contributed by atoms with Crippen LogP contribution in [0.2, 0.25) is 5.02 Å². The average Bonchev–Trinajstić information content (AvgIpc) is 2.87. The number of carbonyl (C=O) groups excluding carboxylic acids is 3. The first-order chi connectivity index (χ1) is 12.8. The second-order valence-corrected chi connectivity index (χ2v) is 7.03. The third-order valence-corrected chi connectivity index (χ3v) is 5.02. The summed E-state index contributed by atoms with van der Waals surface area (Å²) in [6, 6.07) is 15.2. The first-order valence-corrected chi connectivity index (χ1v) is 8.94. The van der Waals surface area contributed by atoms with Gasteiger partial charge in [-0.3, -0.25) is 14.5 Å². The van der Waals surface area contributed by atoms with E-state index in [0.717, 1.165) is 10.5 Å². The molecule has 3 rings (SSSR count). The predicted octanol–water partition coefficient (Wildman–Crippen LogP) is 2.98. The van der Waals surface area contributed by atoms with Gasteiger partial charge in [-0.2, -0.15) is 0 Å². The molecule has 0 saturated carbocycles. The maximum atomic E-state index is 12.8. The van der Waals surface area contributed by atoms with Crippen LogP contribution in [0.1, 0.15) is 31.0 Å². The third-order valence-electron chi connectivity index (χ3n) is 4.68. The van der Waals surface area contributed by atoms with Gasteiger partial charge in [-0.25, -0.2) is 4.79 Å². The number of imide groups is 1. The molecule has 6 nitrogen and oxygen atoms in total. The van der Waals surface area contributed by atoms with E-state index in [1.807, 2.05) is 18.2 Å². The third kappa shape index (κ3) is 3.66. The Bertz CT molecular complexity index is 887. The van der Waals surface area contributed by atoms with Gasteiger partial charge >= 0.3 is 6.03 Å². The van der Waals surface area contributed by atoms with Crippen molar-refractivity contribution in [3.8, 4) is 0 Å². The monoisotopic (exact) mass is 385 g/mol. The minimum atomic E-state index is -1.19. The molecule has 1 fully saturated rings. The van der Waals surface area contributed by atoms with Crippen LogP contribution in [0.5, 0.6) is 0 Å². The Morgan fingerprint density at radius 2 is 1.78 bits per heavy atom. The highest BCUT2D eigenvalue weighted by Crippen LogP contribution is 2.28. The quantitative estimate of drug-likeness (QED) is 0.776. The second-order valence-electron chi connectivity index (χ2n) is 6.62. The fraction of sp³-hybridized carbons (Fsp3) is 0.250. The largest absolute Gasteiger partial charge is 0.348 e. The summed E-state index contributed by atoms with van der Waals surface area (Å²) in [5.41, 5.74) is 0.238. The Balaban J connectivity index is 1.70. The molecule has 27 heavy (non-hydrogen) atoms. The summed E-state index contributed by atoms with van der Waals surface area (Å²) in [6.07, 6.45) is 0. The number of hydrogen-bond donors (Lipinski definition) is 2. The standard InChI is InChI=1S/C20H20ClN3O3/c1-13(15-10-6-7-11-16(15)21)22-17(25)12-24-18(26)20(2,23-19(24)27)14-8-4-3-5-9-14/h3-11,13H,12H2,1-2H3,(H,22,25)(H,23,27)/t13-,20-/m1/s1. The zero-order chi connectivity index (χ0) is 19.6. The van der Waals surface area contributed by atoms with Gasteiger partial charge in [0.2, 0.25) is 5.91 Å². The van der Waals surface area contributed by atoms with E-state index in [4.69, 9.17) is 11.6 Å². The summed E-state index contributed by atoms with van der Waals surface area (Å²) >= 11 is 6.14. The first-order valence-electron chi connectivity index (χ1n) is 8.56. The highest BCUT2D eigenvalue weighted by atomic mass is 35.5. The molecular formula is C20H20ClN3O3. The Morgan fingerprint density at radius 1 is 1.15 bits per heavy atom. The molecule has 2 N–H and O–H groups in total. The average molecular weight is 386 g/mol. The van der Waals surface area contributed by atoms with Crippen molar-refractivity contribution in [1.29, 1.82) is 0 Å². The second kappa shape index (κ2) is 7.40. The van der Waals surface area contributed by atoms with Gasteiger partial charge in [-0.15, -0.1) is 0 Å².